The molecule has 2 aromatic carbocycles. The van der Waals surface area contributed by atoms with Gasteiger partial charge >= 0.3 is 0 Å². The molecule has 8 heteroatoms. The van der Waals surface area contributed by atoms with Crippen molar-refractivity contribution in [3.05, 3.63) is 64.1 Å². The molecule has 0 heterocycles. The van der Waals surface area contributed by atoms with Crippen LogP contribution in [0.1, 0.15) is 5.56 Å². The number of carbonyl (C=O) groups is 2. The second kappa shape index (κ2) is 10.0. The molecule has 6 nitrogen and oxygen atoms in total. The lowest BCUT2D eigenvalue weighted by Gasteiger charge is -2.14. The number of ether oxygens (including phenoxy) is 1. The highest BCUT2D eigenvalue weighted by Crippen LogP contribution is 2.15. The zero-order valence-corrected chi connectivity index (χ0v) is 15.7. The second-order valence-electron chi connectivity index (χ2n) is 5.78. The smallest absolute Gasteiger partial charge is 0.293 e. The Kier molecular flexibility index (Phi) is 7.72. The van der Waals surface area contributed by atoms with Crippen molar-refractivity contribution in [2.24, 2.45) is 0 Å². The van der Waals surface area contributed by atoms with Crippen LogP contribution < -0.4 is 20.5 Å². The number of hydrogen-bond donors (Lipinski definition) is 3. The zero-order valence-electron chi connectivity index (χ0n) is 14.2. The van der Waals surface area contributed by atoms with Gasteiger partial charge < -0.3 is 9.64 Å². The first-order valence-corrected chi connectivity index (χ1v) is 8.70. The van der Waals surface area contributed by atoms with Gasteiger partial charge in [-0.15, -0.1) is 0 Å². The van der Waals surface area contributed by atoms with Gasteiger partial charge in [-0.25, -0.2) is 0 Å². The van der Waals surface area contributed by atoms with Gasteiger partial charge in [0.25, 0.3) is 11.8 Å². The molecule has 0 spiro atoms. The number of carbonyl (C=O) groups excluding carboxylic acids is 2. The summed E-state index contributed by atoms with van der Waals surface area (Å²) >= 11 is 11.7. The molecule has 1 unspecified atom stereocenters. The lowest BCUT2D eigenvalue weighted by Crippen LogP contribution is -3.09. The maximum atomic E-state index is 11.9. The summed E-state index contributed by atoms with van der Waals surface area (Å²) in [6, 6.07) is 14.1. The highest BCUT2D eigenvalue weighted by atomic mass is 35.5. The van der Waals surface area contributed by atoms with Crippen molar-refractivity contribution in [2.45, 2.75) is 6.54 Å². The monoisotopic (exact) mass is 396 g/mol. The molecule has 0 fully saturated rings. The summed E-state index contributed by atoms with van der Waals surface area (Å²) in [5, 5.41) is 1.24. The SMILES string of the molecule is C[NH+](CC(=O)NNC(=O)COc1ccc(Cl)cc1)Cc1cccc(Cl)c1. The number of amides is 2. The lowest BCUT2D eigenvalue weighted by molar-refractivity contribution is -0.885. The Morgan fingerprint density at radius 2 is 1.69 bits per heavy atom. The standard InChI is InChI=1S/C18H19Cl2N3O3/c1-23(10-13-3-2-4-15(20)9-13)11-17(24)21-22-18(25)12-26-16-7-5-14(19)6-8-16/h2-9H,10-12H2,1H3,(H,21,24)(H,22,25)/p+1. The Hall–Kier alpha value is -2.28. The van der Waals surface area contributed by atoms with E-state index in [9.17, 15) is 9.59 Å². The first-order valence-electron chi connectivity index (χ1n) is 7.94. The topological polar surface area (TPSA) is 71.9 Å². The van der Waals surface area contributed by atoms with E-state index >= 15 is 0 Å². The number of hydrazine groups is 1. The first kappa shape index (κ1) is 20.0. The maximum Gasteiger partial charge on any atom is 0.293 e. The minimum absolute atomic E-state index is 0.199. The minimum Gasteiger partial charge on any atom is -0.484 e. The van der Waals surface area contributed by atoms with Crippen molar-refractivity contribution in [1.82, 2.24) is 10.9 Å². The summed E-state index contributed by atoms with van der Waals surface area (Å²) in [5.74, 6) is -0.244. The Balaban J connectivity index is 1.67. The largest absolute Gasteiger partial charge is 0.484 e. The Labute approximate surface area is 162 Å². The van der Waals surface area contributed by atoms with Crippen molar-refractivity contribution in [3.8, 4) is 5.75 Å². The van der Waals surface area contributed by atoms with Crippen LogP contribution in [0.25, 0.3) is 0 Å². The van der Waals surface area contributed by atoms with Gasteiger partial charge in [-0.2, -0.15) is 0 Å². The van der Waals surface area contributed by atoms with Crippen molar-refractivity contribution in [3.63, 3.8) is 0 Å². The van der Waals surface area contributed by atoms with Crippen molar-refractivity contribution in [1.29, 1.82) is 0 Å². The third kappa shape index (κ3) is 7.31. The second-order valence-corrected chi connectivity index (χ2v) is 6.65. The van der Waals surface area contributed by atoms with Crippen molar-refractivity contribution >= 4 is 35.0 Å². The van der Waals surface area contributed by atoms with Crippen LogP contribution in [-0.2, 0) is 16.1 Å². The Morgan fingerprint density at radius 3 is 2.38 bits per heavy atom. The lowest BCUT2D eigenvalue weighted by atomic mass is 10.2. The highest BCUT2D eigenvalue weighted by Gasteiger charge is 2.12. The molecule has 0 bridgehead atoms. The van der Waals surface area contributed by atoms with Gasteiger partial charge in [0.2, 0.25) is 0 Å². The van der Waals surface area contributed by atoms with E-state index in [1.54, 1.807) is 30.3 Å². The maximum absolute atomic E-state index is 11.9. The number of rotatable bonds is 7. The van der Waals surface area contributed by atoms with Crippen LogP contribution >= 0.6 is 23.2 Å². The van der Waals surface area contributed by atoms with E-state index in [2.05, 4.69) is 10.9 Å². The van der Waals surface area contributed by atoms with Gasteiger partial charge in [0.05, 0.1) is 7.05 Å². The van der Waals surface area contributed by atoms with Gasteiger partial charge in [0, 0.05) is 15.6 Å². The van der Waals surface area contributed by atoms with E-state index in [0.29, 0.717) is 22.3 Å². The Morgan fingerprint density at radius 1 is 1.00 bits per heavy atom. The fourth-order valence-electron chi connectivity index (χ4n) is 2.23. The molecule has 138 valence electrons. The number of halogens is 2. The van der Waals surface area contributed by atoms with E-state index in [4.69, 9.17) is 27.9 Å². The molecular weight excluding hydrogens is 377 g/mol. The van der Waals surface area contributed by atoms with Crippen LogP contribution in [0, 0.1) is 0 Å². The minimum atomic E-state index is -0.458. The van der Waals surface area contributed by atoms with E-state index in [1.165, 1.54) is 0 Å². The van der Waals surface area contributed by atoms with Crippen molar-refractivity contribution < 1.29 is 19.2 Å². The summed E-state index contributed by atoms with van der Waals surface area (Å²) in [6.45, 7) is 0.625. The van der Waals surface area contributed by atoms with Crippen LogP contribution in [-0.4, -0.2) is 32.0 Å². The van der Waals surface area contributed by atoms with Crippen LogP contribution in [0.4, 0.5) is 0 Å². The number of likely N-dealkylation sites (N-methyl/N-ethyl adjacent to an activating group) is 1. The van der Waals surface area contributed by atoms with Gasteiger partial charge in [-0.05, 0) is 36.4 Å². The zero-order chi connectivity index (χ0) is 18.9. The van der Waals surface area contributed by atoms with E-state index in [1.807, 2.05) is 25.2 Å². The fraction of sp³-hybridized carbons (Fsp3) is 0.222. The summed E-state index contributed by atoms with van der Waals surface area (Å²) < 4.78 is 5.29. The number of benzene rings is 2. The normalized spacial score (nSPS) is 11.5. The van der Waals surface area contributed by atoms with Crippen LogP contribution in [0.2, 0.25) is 10.0 Å². The summed E-state index contributed by atoms with van der Waals surface area (Å²) in [4.78, 5) is 24.6. The average Bonchev–Trinajstić information content (AvgIpc) is 2.59. The molecule has 1 atom stereocenters. The van der Waals surface area contributed by atoms with Gasteiger partial charge in [0.15, 0.2) is 13.2 Å². The third-order valence-electron chi connectivity index (χ3n) is 3.38. The molecule has 3 N–H and O–H groups in total. The molecule has 0 saturated carbocycles. The van der Waals surface area contributed by atoms with Crippen LogP contribution in [0.3, 0.4) is 0 Å². The van der Waals surface area contributed by atoms with Crippen molar-refractivity contribution in [2.75, 3.05) is 20.2 Å². The molecular formula is C18H20Cl2N3O3+. The molecule has 2 rings (SSSR count). The molecule has 0 aliphatic carbocycles. The number of hydrogen-bond acceptors (Lipinski definition) is 3. The van der Waals surface area contributed by atoms with E-state index in [-0.39, 0.29) is 19.1 Å². The average molecular weight is 397 g/mol. The Bertz CT molecular complexity index is 754. The summed E-state index contributed by atoms with van der Waals surface area (Å²) in [6.07, 6.45) is 0. The fourth-order valence-corrected chi connectivity index (χ4v) is 2.57. The molecule has 0 radical (unpaired) electrons. The summed E-state index contributed by atoms with van der Waals surface area (Å²) in [7, 11) is 1.88. The van der Waals surface area contributed by atoms with E-state index < -0.39 is 5.91 Å². The van der Waals surface area contributed by atoms with Gasteiger partial charge in [-0.3, -0.25) is 20.4 Å². The predicted octanol–water partition coefficient (Wildman–Crippen LogP) is 1.23. The third-order valence-corrected chi connectivity index (χ3v) is 3.87. The first-order chi connectivity index (χ1) is 12.4. The molecule has 0 saturated heterocycles. The molecule has 0 aliphatic heterocycles. The highest BCUT2D eigenvalue weighted by molar-refractivity contribution is 6.30. The number of quaternary nitrogens is 1. The van der Waals surface area contributed by atoms with Crippen LogP contribution in [0.5, 0.6) is 5.75 Å². The summed E-state index contributed by atoms with van der Waals surface area (Å²) in [5.41, 5.74) is 5.72. The molecule has 2 amide bonds. The molecule has 0 aromatic heterocycles. The van der Waals surface area contributed by atoms with Gasteiger partial charge in [-0.1, -0.05) is 35.3 Å². The van der Waals surface area contributed by atoms with Gasteiger partial charge in [0.1, 0.15) is 12.3 Å². The van der Waals surface area contributed by atoms with Crippen LogP contribution in [0.15, 0.2) is 48.5 Å². The number of nitrogens with one attached hydrogen (secondary N) is 3. The molecule has 0 aliphatic rings. The quantitative estimate of drug-likeness (QED) is 0.616. The molecule has 2 aromatic rings. The van der Waals surface area contributed by atoms with E-state index in [0.717, 1.165) is 10.5 Å². The predicted molar refractivity (Wildman–Crippen MR) is 100 cm³/mol. The molecule has 26 heavy (non-hydrogen) atoms.